The molecule has 1 unspecified atom stereocenters. The molecule has 1 saturated heterocycles. The summed E-state index contributed by atoms with van der Waals surface area (Å²) >= 11 is 1.55. The molecule has 0 bridgehead atoms. The highest BCUT2D eigenvalue weighted by Crippen LogP contribution is 2.41. The first-order chi connectivity index (χ1) is 10.8. The molecule has 5 heteroatoms. The summed E-state index contributed by atoms with van der Waals surface area (Å²) in [6.07, 6.45) is 5.66. The minimum atomic E-state index is 0.158. The normalized spacial score (nSPS) is 21.1. The number of benzene rings is 1. The Bertz CT molecular complexity index is 666. The molecule has 1 aromatic carbocycles. The average molecular weight is 313 g/mol. The number of carbonyl (C=O) groups excluding carboxylic acids is 1. The van der Waals surface area contributed by atoms with E-state index >= 15 is 0 Å². The van der Waals surface area contributed by atoms with Crippen molar-refractivity contribution in [2.24, 2.45) is 11.8 Å². The Balaban J connectivity index is 1.46. The van der Waals surface area contributed by atoms with Gasteiger partial charge in [-0.2, -0.15) is 0 Å². The van der Waals surface area contributed by atoms with Crippen LogP contribution >= 0.6 is 11.3 Å². The summed E-state index contributed by atoms with van der Waals surface area (Å²) in [5.41, 5.74) is 1.68. The van der Waals surface area contributed by atoms with Crippen LogP contribution in [0.5, 0.6) is 0 Å². The Hall–Kier alpha value is -1.88. The highest BCUT2D eigenvalue weighted by molar-refractivity contribution is 7.13. The lowest BCUT2D eigenvalue weighted by molar-refractivity contribution is 0.0786. The Morgan fingerprint density at radius 1 is 1.27 bits per heavy atom. The first-order valence-electron chi connectivity index (χ1n) is 7.85. The number of nitrogens with one attached hydrogen (secondary N) is 1. The number of anilines is 2. The third kappa shape index (κ3) is 2.86. The van der Waals surface area contributed by atoms with Crippen molar-refractivity contribution in [2.45, 2.75) is 19.3 Å². The Labute approximate surface area is 134 Å². The van der Waals surface area contributed by atoms with Gasteiger partial charge in [-0.15, -0.1) is 11.3 Å². The second kappa shape index (κ2) is 5.72. The molecule has 1 aliphatic carbocycles. The zero-order valence-electron chi connectivity index (χ0n) is 12.4. The van der Waals surface area contributed by atoms with Gasteiger partial charge in [0.05, 0.1) is 0 Å². The summed E-state index contributed by atoms with van der Waals surface area (Å²) < 4.78 is 0. The van der Waals surface area contributed by atoms with Gasteiger partial charge in [0, 0.05) is 35.9 Å². The van der Waals surface area contributed by atoms with Gasteiger partial charge in [0.15, 0.2) is 5.13 Å². The van der Waals surface area contributed by atoms with Crippen LogP contribution in [0.1, 0.15) is 29.6 Å². The minimum absolute atomic E-state index is 0.158. The lowest BCUT2D eigenvalue weighted by Crippen LogP contribution is -2.28. The zero-order valence-corrected chi connectivity index (χ0v) is 13.2. The molecule has 1 amide bonds. The van der Waals surface area contributed by atoms with Crippen molar-refractivity contribution in [2.75, 3.05) is 18.4 Å². The van der Waals surface area contributed by atoms with Crippen LogP contribution in [0, 0.1) is 11.8 Å². The number of thiazole rings is 1. The fourth-order valence-electron chi connectivity index (χ4n) is 3.25. The molecule has 4 rings (SSSR count). The van der Waals surface area contributed by atoms with Gasteiger partial charge in [0.1, 0.15) is 0 Å². The molecule has 0 radical (unpaired) electrons. The van der Waals surface area contributed by atoms with E-state index in [1.54, 1.807) is 17.5 Å². The number of nitrogens with zero attached hydrogens (tertiary/aromatic N) is 2. The standard InChI is InChI=1S/C17H19N3OS/c21-16(20-8-6-14(11-20)12-4-5-12)13-2-1-3-15(10-13)19-17-18-7-9-22-17/h1-3,7,9-10,12,14H,4-6,8,11H2,(H,18,19). The largest absolute Gasteiger partial charge is 0.338 e. The van der Waals surface area contributed by atoms with Crippen LogP contribution in [-0.4, -0.2) is 28.9 Å². The maximum absolute atomic E-state index is 12.7. The number of aromatic nitrogens is 1. The number of likely N-dealkylation sites (tertiary alicyclic amines) is 1. The van der Waals surface area contributed by atoms with E-state index in [4.69, 9.17) is 0 Å². The first kappa shape index (κ1) is 13.8. The lowest BCUT2D eigenvalue weighted by Gasteiger charge is -2.17. The molecule has 4 nitrogen and oxygen atoms in total. The molecular weight excluding hydrogens is 294 g/mol. The SMILES string of the molecule is O=C(c1cccc(Nc2nccs2)c1)N1CCC(C2CC2)C1. The number of rotatable bonds is 4. The number of hydrogen-bond acceptors (Lipinski definition) is 4. The van der Waals surface area contributed by atoms with Crippen LogP contribution in [0.4, 0.5) is 10.8 Å². The summed E-state index contributed by atoms with van der Waals surface area (Å²) in [5.74, 6) is 1.78. The molecule has 2 aliphatic rings. The molecule has 2 fully saturated rings. The minimum Gasteiger partial charge on any atom is -0.338 e. The van der Waals surface area contributed by atoms with E-state index in [9.17, 15) is 4.79 Å². The molecule has 1 atom stereocenters. The molecule has 0 spiro atoms. The molecule has 2 aromatic rings. The topological polar surface area (TPSA) is 45.2 Å². The van der Waals surface area contributed by atoms with Gasteiger partial charge in [-0.05, 0) is 49.3 Å². The fourth-order valence-corrected chi connectivity index (χ4v) is 3.79. The van der Waals surface area contributed by atoms with Gasteiger partial charge < -0.3 is 10.2 Å². The van der Waals surface area contributed by atoms with E-state index in [-0.39, 0.29) is 5.91 Å². The molecular formula is C17H19N3OS. The zero-order chi connectivity index (χ0) is 14.9. The fraction of sp³-hybridized carbons (Fsp3) is 0.412. The summed E-state index contributed by atoms with van der Waals surface area (Å²) in [7, 11) is 0. The lowest BCUT2D eigenvalue weighted by atomic mass is 10.0. The highest BCUT2D eigenvalue weighted by Gasteiger charge is 2.37. The summed E-state index contributed by atoms with van der Waals surface area (Å²) in [4.78, 5) is 18.9. The maximum Gasteiger partial charge on any atom is 0.253 e. The van der Waals surface area contributed by atoms with Crippen molar-refractivity contribution in [1.82, 2.24) is 9.88 Å². The third-order valence-corrected chi connectivity index (χ3v) is 5.28. The predicted molar refractivity (Wildman–Crippen MR) is 88.6 cm³/mol. The van der Waals surface area contributed by atoms with E-state index in [0.29, 0.717) is 0 Å². The molecule has 1 saturated carbocycles. The van der Waals surface area contributed by atoms with Gasteiger partial charge in [-0.1, -0.05) is 6.07 Å². The van der Waals surface area contributed by atoms with E-state index in [1.807, 2.05) is 34.5 Å². The van der Waals surface area contributed by atoms with E-state index in [0.717, 1.165) is 41.3 Å². The Morgan fingerprint density at radius 3 is 2.95 bits per heavy atom. The Morgan fingerprint density at radius 2 is 2.18 bits per heavy atom. The van der Waals surface area contributed by atoms with Crippen LogP contribution in [0.15, 0.2) is 35.8 Å². The number of hydrogen-bond donors (Lipinski definition) is 1. The van der Waals surface area contributed by atoms with Gasteiger partial charge in [0.2, 0.25) is 0 Å². The van der Waals surface area contributed by atoms with Crippen molar-refractivity contribution in [1.29, 1.82) is 0 Å². The maximum atomic E-state index is 12.7. The number of carbonyl (C=O) groups is 1. The van der Waals surface area contributed by atoms with Crippen molar-refractivity contribution in [3.8, 4) is 0 Å². The first-order valence-corrected chi connectivity index (χ1v) is 8.73. The van der Waals surface area contributed by atoms with Crippen LogP contribution < -0.4 is 5.32 Å². The molecule has 1 N–H and O–H groups in total. The monoisotopic (exact) mass is 313 g/mol. The molecule has 22 heavy (non-hydrogen) atoms. The highest BCUT2D eigenvalue weighted by atomic mass is 32.1. The van der Waals surface area contributed by atoms with Crippen molar-refractivity contribution in [3.05, 3.63) is 41.4 Å². The molecule has 1 aromatic heterocycles. The van der Waals surface area contributed by atoms with E-state index < -0.39 is 0 Å². The van der Waals surface area contributed by atoms with Gasteiger partial charge in [-0.3, -0.25) is 4.79 Å². The van der Waals surface area contributed by atoms with Crippen molar-refractivity contribution >= 4 is 28.1 Å². The Kier molecular flexibility index (Phi) is 3.58. The summed E-state index contributed by atoms with van der Waals surface area (Å²) in [6.45, 7) is 1.85. The van der Waals surface area contributed by atoms with Crippen LogP contribution in [0.25, 0.3) is 0 Å². The van der Waals surface area contributed by atoms with Crippen molar-refractivity contribution < 1.29 is 4.79 Å². The molecule has 1 aliphatic heterocycles. The van der Waals surface area contributed by atoms with Crippen LogP contribution in [-0.2, 0) is 0 Å². The average Bonchev–Trinajstić information content (AvgIpc) is 3.06. The summed E-state index contributed by atoms with van der Waals surface area (Å²) in [6, 6.07) is 7.72. The second-order valence-electron chi connectivity index (χ2n) is 6.18. The van der Waals surface area contributed by atoms with E-state index in [1.165, 1.54) is 19.3 Å². The van der Waals surface area contributed by atoms with E-state index in [2.05, 4.69) is 10.3 Å². The van der Waals surface area contributed by atoms with Crippen LogP contribution in [0.3, 0.4) is 0 Å². The van der Waals surface area contributed by atoms with Gasteiger partial charge in [-0.25, -0.2) is 4.98 Å². The van der Waals surface area contributed by atoms with Crippen LogP contribution in [0.2, 0.25) is 0 Å². The smallest absolute Gasteiger partial charge is 0.253 e. The predicted octanol–water partition coefficient (Wildman–Crippen LogP) is 3.76. The van der Waals surface area contributed by atoms with Gasteiger partial charge in [0.25, 0.3) is 5.91 Å². The summed E-state index contributed by atoms with van der Waals surface area (Å²) in [5, 5.41) is 6.02. The number of amides is 1. The van der Waals surface area contributed by atoms with Crippen molar-refractivity contribution in [3.63, 3.8) is 0 Å². The molecule has 114 valence electrons. The third-order valence-electron chi connectivity index (χ3n) is 4.59. The quantitative estimate of drug-likeness (QED) is 0.935. The second-order valence-corrected chi connectivity index (χ2v) is 7.07. The molecule has 2 heterocycles. The van der Waals surface area contributed by atoms with Gasteiger partial charge >= 0.3 is 0 Å².